The van der Waals surface area contributed by atoms with Crippen molar-refractivity contribution in [2.75, 3.05) is 6.61 Å². The molecular formula is C18H19NO2. The van der Waals surface area contributed by atoms with E-state index in [9.17, 15) is 5.11 Å². The van der Waals surface area contributed by atoms with Gasteiger partial charge in [-0.15, -0.1) is 0 Å². The maximum Gasteiger partial charge on any atom is 0.119 e. The Balaban J connectivity index is 1.69. The Kier molecular flexibility index (Phi) is 3.93. The van der Waals surface area contributed by atoms with Crippen LogP contribution in [0.5, 0.6) is 5.75 Å². The number of fused-ring (bicyclic) bond motifs is 1. The van der Waals surface area contributed by atoms with E-state index in [1.54, 1.807) is 0 Å². The first-order valence-corrected chi connectivity index (χ1v) is 7.15. The Morgan fingerprint density at radius 2 is 1.76 bits per heavy atom. The summed E-state index contributed by atoms with van der Waals surface area (Å²) in [5, 5.41) is 11.4. The zero-order valence-electron chi connectivity index (χ0n) is 12.1. The first-order chi connectivity index (χ1) is 10.2. The third-order valence-corrected chi connectivity index (χ3v) is 3.60. The normalized spacial score (nSPS) is 12.5. The average Bonchev–Trinajstić information content (AvgIpc) is 2.82. The fourth-order valence-corrected chi connectivity index (χ4v) is 2.56. The summed E-state index contributed by atoms with van der Waals surface area (Å²) >= 11 is 0. The van der Waals surface area contributed by atoms with Crippen molar-refractivity contribution < 1.29 is 9.84 Å². The summed E-state index contributed by atoms with van der Waals surface area (Å²) in [4.78, 5) is 0. The first kappa shape index (κ1) is 13.7. The minimum Gasteiger partial charge on any atom is -0.491 e. The minimum atomic E-state index is -0.542. The molecule has 3 aromatic rings. The molecular weight excluding hydrogens is 262 g/mol. The molecule has 0 bridgehead atoms. The molecule has 1 atom stereocenters. The van der Waals surface area contributed by atoms with Crippen molar-refractivity contribution in [3.63, 3.8) is 0 Å². The summed E-state index contributed by atoms with van der Waals surface area (Å²) in [5.74, 6) is 0.783. The zero-order chi connectivity index (χ0) is 14.7. The van der Waals surface area contributed by atoms with Gasteiger partial charge in [0.05, 0.1) is 6.54 Å². The number of aliphatic hydroxyl groups excluding tert-OH is 1. The Labute approximate surface area is 124 Å². The summed E-state index contributed by atoms with van der Waals surface area (Å²) < 4.78 is 7.74. The molecule has 0 aliphatic carbocycles. The average molecular weight is 281 g/mol. The molecule has 2 aromatic carbocycles. The van der Waals surface area contributed by atoms with Gasteiger partial charge in [0.2, 0.25) is 0 Å². The van der Waals surface area contributed by atoms with E-state index in [2.05, 4.69) is 29.7 Å². The van der Waals surface area contributed by atoms with Crippen LogP contribution in [0.4, 0.5) is 0 Å². The first-order valence-electron chi connectivity index (χ1n) is 7.15. The number of aromatic nitrogens is 1. The molecule has 0 spiro atoms. The monoisotopic (exact) mass is 281 g/mol. The molecule has 3 rings (SSSR count). The molecule has 0 fully saturated rings. The second-order valence-electron chi connectivity index (χ2n) is 5.23. The molecule has 0 amide bonds. The van der Waals surface area contributed by atoms with Crippen LogP contribution in [0, 0.1) is 6.92 Å². The van der Waals surface area contributed by atoms with Crippen molar-refractivity contribution >= 4 is 10.9 Å². The van der Waals surface area contributed by atoms with E-state index in [0.717, 1.165) is 17.0 Å². The van der Waals surface area contributed by atoms with Crippen molar-refractivity contribution in [3.8, 4) is 5.75 Å². The summed E-state index contributed by atoms with van der Waals surface area (Å²) in [7, 11) is 0. The highest BCUT2D eigenvalue weighted by molar-refractivity contribution is 5.81. The predicted octanol–water partition coefficient (Wildman–Crippen LogP) is 3.39. The highest BCUT2D eigenvalue weighted by Crippen LogP contribution is 2.19. The molecule has 0 aliphatic heterocycles. The maximum absolute atomic E-state index is 10.2. The quantitative estimate of drug-likeness (QED) is 0.778. The van der Waals surface area contributed by atoms with Gasteiger partial charge in [-0.3, -0.25) is 0 Å². The van der Waals surface area contributed by atoms with Crippen molar-refractivity contribution in [2.24, 2.45) is 0 Å². The van der Waals surface area contributed by atoms with E-state index in [1.807, 2.05) is 42.5 Å². The summed E-state index contributed by atoms with van der Waals surface area (Å²) in [6.45, 7) is 2.88. The number of hydrogen-bond acceptors (Lipinski definition) is 2. The Morgan fingerprint density at radius 1 is 1.05 bits per heavy atom. The third-order valence-electron chi connectivity index (χ3n) is 3.60. The van der Waals surface area contributed by atoms with Crippen molar-refractivity contribution in [3.05, 3.63) is 66.4 Å². The maximum atomic E-state index is 10.2. The number of aryl methyl sites for hydroxylation is 1. The van der Waals surface area contributed by atoms with Crippen molar-refractivity contribution in [2.45, 2.75) is 19.6 Å². The molecule has 0 saturated carbocycles. The number of aliphatic hydroxyl groups is 1. The number of hydrogen-bond donors (Lipinski definition) is 1. The fraction of sp³-hybridized carbons (Fsp3) is 0.222. The van der Waals surface area contributed by atoms with Crippen LogP contribution in [0.25, 0.3) is 10.9 Å². The Bertz CT molecular complexity index is 718. The van der Waals surface area contributed by atoms with Gasteiger partial charge in [-0.1, -0.05) is 36.4 Å². The van der Waals surface area contributed by atoms with Crippen LogP contribution >= 0.6 is 0 Å². The second kappa shape index (κ2) is 6.02. The number of benzene rings is 2. The smallest absolute Gasteiger partial charge is 0.119 e. The van der Waals surface area contributed by atoms with Crippen LogP contribution in [0.3, 0.4) is 0 Å². The highest BCUT2D eigenvalue weighted by Gasteiger charge is 2.11. The number of ether oxygens (including phenoxy) is 1. The lowest BCUT2D eigenvalue weighted by Crippen LogP contribution is -2.24. The van der Waals surface area contributed by atoms with Crippen LogP contribution in [0.2, 0.25) is 0 Å². The van der Waals surface area contributed by atoms with Crippen LogP contribution in [-0.4, -0.2) is 22.4 Å². The number of para-hydroxylation sites is 2. The van der Waals surface area contributed by atoms with E-state index in [0.29, 0.717) is 6.54 Å². The molecule has 1 heterocycles. The van der Waals surface area contributed by atoms with Crippen LogP contribution in [0.15, 0.2) is 60.7 Å². The lowest BCUT2D eigenvalue weighted by Gasteiger charge is -2.15. The van der Waals surface area contributed by atoms with Crippen molar-refractivity contribution in [1.29, 1.82) is 0 Å². The second-order valence-corrected chi connectivity index (χ2v) is 5.23. The molecule has 0 saturated heterocycles. The molecule has 1 unspecified atom stereocenters. The van der Waals surface area contributed by atoms with Gasteiger partial charge in [-0.05, 0) is 36.6 Å². The van der Waals surface area contributed by atoms with E-state index in [4.69, 9.17) is 4.74 Å². The Morgan fingerprint density at radius 3 is 2.57 bits per heavy atom. The van der Waals surface area contributed by atoms with Gasteiger partial charge in [0.1, 0.15) is 18.5 Å². The van der Waals surface area contributed by atoms with Crippen LogP contribution in [0.1, 0.15) is 5.69 Å². The zero-order valence-corrected chi connectivity index (χ0v) is 12.1. The number of rotatable bonds is 5. The predicted molar refractivity (Wildman–Crippen MR) is 84.6 cm³/mol. The van der Waals surface area contributed by atoms with Gasteiger partial charge in [0.25, 0.3) is 0 Å². The topological polar surface area (TPSA) is 34.4 Å². The third kappa shape index (κ3) is 3.09. The fourth-order valence-electron chi connectivity index (χ4n) is 2.56. The van der Waals surface area contributed by atoms with Gasteiger partial charge < -0.3 is 14.4 Å². The molecule has 21 heavy (non-hydrogen) atoms. The molecule has 1 N–H and O–H groups in total. The van der Waals surface area contributed by atoms with Crippen molar-refractivity contribution in [1.82, 2.24) is 4.57 Å². The van der Waals surface area contributed by atoms with Gasteiger partial charge >= 0.3 is 0 Å². The lowest BCUT2D eigenvalue weighted by molar-refractivity contribution is 0.0931. The Hall–Kier alpha value is -2.26. The van der Waals surface area contributed by atoms with Gasteiger partial charge in [-0.25, -0.2) is 0 Å². The van der Waals surface area contributed by atoms with E-state index in [-0.39, 0.29) is 6.61 Å². The van der Waals surface area contributed by atoms with E-state index >= 15 is 0 Å². The van der Waals surface area contributed by atoms with Crippen LogP contribution in [-0.2, 0) is 6.54 Å². The largest absolute Gasteiger partial charge is 0.491 e. The van der Waals surface area contributed by atoms with E-state index in [1.165, 1.54) is 5.39 Å². The number of nitrogens with zero attached hydrogens (tertiary/aromatic N) is 1. The van der Waals surface area contributed by atoms with Gasteiger partial charge in [0.15, 0.2) is 0 Å². The summed E-state index contributed by atoms with van der Waals surface area (Å²) in [6, 6.07) is 19.9. The molecule has 108 valence electrons. The molecule has 3 nitrogen and oxygen atoms in total. The van der Waals surface area contributed by atoms with Gasteiger partial charge in [0, 0.05) is 11.2 Å². The summed E-state index contributed by atoms with van der Waals surface area (Å²) in [6.07, 6.45) is -0.542. The lowest BCUT2D eigenvalue weighted by atomic mass is 10.2. The standard InChI is InChI=1S/C18H19NO2/c1-14-11-15-7-5-6-10-18(15)19(14)12-16(20)13-21-17-8-3-2-4-9-17/h2-11,16,20H,12-13H2,1H3. The van der Waals surface area contributed by atoms with E-state index < -0.39 is 6.10 Å². The molecule has 1 aromatic heterocycles. The molecule has 3 heteroatoms. The highest BCUT2D eigenvalue weighted by atomic mass is 16.5. The molecule has 0 radical (unpaired) electrons. The molecule has 0 aliphatic rings. The SMILES string of the molecule is Cc1cc2ccccc2n1CC(O)COc1ccccc1. The minimum absolute atomic E-state index is 0.288. The van der Waals surface area contributed by atoms with Gasteiger partial charge in [-0.2, -0.15) is 0 Å². The van der Waals surface area contributed by atoms with Crippen LogP contribution < -0.4 is 4.74 Å². The summed E-state index contributed by atoms with van der Waals surface area (Å²) in [5.41, 5.74) is 2.30.